The smallest absolute Gasteiger partial charge is 0.0571 e. The van der Waals surface area contributed by atoms with E-state index in [1.54, 1.807) is 0 Å². The fourth-order valence-electron chi connectivity index (χ4n) is 7.23. The van der Waals surface area contributed by atoms with Gasteiger partial charge < -0.3 is 4.57 Å². The molecule has 0 radical (unpaired) electrons. The molecule has 4 rings (SSSR count). The van der Waals surface area contributed by atoms with Crippen molar-refractivity contribution >= 4 is 37.7 Å². The van der Waals surface area contributed by atoms with Crippen LogP contribution in [0.4, 0.5) is 0 Å². The van der Waals surface area contributed by atoms with Crippen LogP contribution in [0.3, 0.4) is 0 Å². The number of fused-ring (bicyclic) bond motifs is 3. The normalized spacial score (nSPS) is 12.4. The van der Waals surface area contributed by atoms with Crippen molar-refractivity contribution in [2.45, 2.75) is 149 Å². The Morgan fingerprint density at radius 1 is 0.523 bits per heavy atom. The largest absolute Gasteiger partial charge is 0.340 e. The van der Waals surface area contributed by atoms with Gasteiger partial charge in [0.25, 0.3) is 0 Å². The second-order valence-electron chi connectivity index (χ2n) is 13.4. The molecular weight excluding hydrogens is 598 g/mol. The van der Waals surface area contributed by atoms with Crippen LogP contribution >= 0.6 is 15.9 Å². The van der Waals surface area contributed by atoms with E-state index in [-0.39, 0.29) is 0 Å². The number of hydrogen-bond donors (Lipinski definition) is 0. The van der Waals surface area contributed by atoms with Gasteiger partial charge in [-0.3, -0.25) is 0 Å². The molecular formula is C42H60BrN. The van der Waals surface area contributed by atoms with Gasteiger partial charge in [0.05, 0.1) is 5.52 Å². The lowest BCUT2D eigenvalue weighted by molar-refractivity contribution is 0.364. The van der Waals surface area contributed by atoms with Gasteiger partial charge in [0.2, 0.25) is 0 Å². The summed E-state index contributed by atoms with van der Waals surface area (Å²) in [4.78, 5) is 0. The summed E-state index contributed by atoms with van der Waals surface area (Å²) in [5.74, 6) is 0.737. The first-order valence-electron chi connectivity index (χ1n) is 18.5. The third-order valence-corrected chi connectivity index (χ3v) is 10.3. The zero-order valence-corrected chi connectivity index (χ0v) is 29.7. The molecule has 1 atom stereocenters. The lowest BCUT2D eigenvalue weighted by atomic mass is 9.93. The highest BCUT2D eigenvalue weighted by molar-refractivity contribution is 9.10. The highest BCUT2D eigenvalue weighted by atomic mass is 79.9. The average Bonchev–Trinajstić information content (AvgIpc) is 3.37. The van der Waals surface area contributed by atoms with Crippen molar-refractivity contribution in [1.82, 2.24) is 4.57 Å². The molecule has 2 heteroatoms. The summed E-state index contributed by atoms with van der Waals surface area (Å²) < 4.78 is 3.84. The number of aromatic nitrogens is 1. The van der Waals surface area contributed by atoms with E-state index in [4.69, 9.17) is 0 Å². The fraction of sp³-hybridized carbons (Fsp3) is 0.571. The van der Waals surface area contributed by atoms with E-state index in [0.29, 0.717) is 0 Å². The molecule has 0 amide bonds. The molecule has 0 saturated carbocycles. The van der Waals surface area contributed by atoms with Crippen molar-refractivity contribution in [1.29, 1.82) is 0 Å². The summed E-state index contributed by atoms with van der Waals surface area (Å²) in [5, 5.41) is 2.79. The highest BCUT2D eigenvalue weighted by Crippen LogP contribution is 2.37. The first-order valence-corrected chi connectivity index (χ1v) is 19.3. The maximum absolute atomic E-state index is 3.64. The minimum absolute atomic E-state index is 0.737. The van der Waals surface area contributed by atoms with Crippen LogP contribution in [0.1, 0.15) is 142 Å². The average molecular weight is 659 g/mol. The van der Waals surface area contributed by atoms with E-state index in [0.717, 1.165) is 16.9 Å². The van der Waals surface area contributed by atoms with Gasteiger partial charge in [-0.05, 0) is 42.5 Å². The van der Waals surface area contributed by atoms with Crippen molar-refractivity contribution in [3.05, 3.63) is 71.2 Å². The van der Waals surface area contributed by atoms with Crippen molar-refractivity contribution in [2.24, 2.45) is 5.92 Å². The van der Waals surface area contributed by atoms with E-state index < -0.39 is 0 Å². The van der Waals surface area contributed by atoms with Gasteiger partial charge in [-0.2, -0.15) is 0 Å². The number of nitrogens with zero attached hydrogens (tertiary/aromatic N) is 1. The maximum Gasteiger partial charge on any atom is 0.0571 e. The molecule has 1 unspecified atom stereocenters. The number of unbranched alkanes of at least 4 members (excludes halogenated alkanes) is 16. The second kappa shape index (κ2) is 20.1. The molecule has 0 N–H and O–H groups in total. The van der Waals surface area contributed by atoms with E-state index >= 15 is 0 Å². The van der Waals surface area contributed by atoms with Crippen molar-refractivity contribution in [3.8, 4) is 11.1 Å². The Hall–Kier alpha value is -2.06. The highest BCUT2D eigenvalue weighted by Gasteiger charge is 2.18. The molecule has 0 fully saturated rings. The molecule has 1 heterocycles. The predicted octanol–water partition coefficient (Wildman–Crippen LogP) is 14.7. The Bertz CT molecular complexity index is 1330. The molecule has 1 aromatic heterocycles. The summed E-state index contributed by atoms with van der Waals surface area (Å²) in [7, 11) is 0. The van der Waals surface area contributed by atoms with Crippen molar-refractivity contribution in [3.63, 3.8) is 0 Å². The topological polar surface area (TPSA) is 4.93 Å². The van der Waals surface area contributed by atoms with Crippen LogP contribution in [0.15, 0.2) is 71.2 Å². The van der Waals surface area contributed by atoms with Crippen LogP contribution in [0.2, 0.25) is 0 Å². The van der Waals surface area contributed by atoms with Gasteiger partial charge >= 0.3 is 0 Å². The summed E-state index contributed by atoms with van der Waals surface area (Å²) in [5.41, 5.74) is 5.48. The first kappa shape index (κ1) is 34.8. The Morgan fingerprint density at radius 3 is 1.59 bits per heavy atom. The Morgan fingerprint density at radius 2 is 1.02 bits per heavy atom. The van der Waals surface area contributed by atoms with Gasteiger partial charge in [-0.15, -0.1) is 0 Å². The number of halogens is 1. The van der Waals surface area contributed by atoms with Gasteiger partial charge in [-0.1, -0.05) is 194 Å². The van der Waals surface area contributed by atoms with Gasteiger partial charge in [0, 0.05) is 32.9 Å². The fourth-order valence-corrected chi connectivity index (χ4v) is 7.50. The third-order valence-electron chi connectivity index (χ3n) is 9.82. The zero-order chi connectivity index (χ0) is 30.8. The van der Waals surface area contributed by atoms with Crippen LogP contribution < -0.4 is 0 Å². The number of para-hydroxylation sites is 2. The molecule has 3 aromatic carbocycles. The maximum atomic E-state index is 3.64. The number of benzene rings is 3. The van der Waals surface area contributed by atoms with Crippen LogP contribution in [-0.4, -0.2) is 4.57 Å². The molecule has 4 aromatic rings. The summed E-state index contributed by atoms with van der Waals surface area (Å²) in [6, 6.07) is 24.9. The lowest BCUT2D eigenvalue weighted by Gasteiger charge is -2.20. The zero-order valence-electron chi connectivity index (χ0n) is 28.1. The Labute approximate surface area is 278 Å². The molecule has 44 heavy (non-hydrogen) atoms. The monoisotopic (exact) mass is 657 g/mol. The lowest BCUT2D eigenvalue weighted by Crippen LogP contribution is -2.12. The van der Waals surface area contributed by atoms with Crippen molar-refractivity contribution in [2.75, 3.05) is 0 Å². The molecule has 1 nitrogen and oxygen atoms in total. The SMILES string of the molecule is CCCCCCCCCCCCC(CCCCCCCCCC)Cn1c2ccccc2c2cccc(-c3ccc(Br)cc3)c21. The van der Waals surface area contributed by atoms with Gasteiger partial charge in [0.15, 0.2) is 0 Å². The summed E-state index contributed by atoms with van der Waals surface area (Å²) >= 11 is 3.64. The molecule has 0 aliphatic heterocycles. The second-order valence-corrected chi connectivity index (χ2v) is 14.4. The number of hydrogen-bond acceptors (Lipinski definition) is 0. The van der Waals surface area contributed by atoms with Crippen LogP contribution in [-0.2, 0) is 6.54 Å². The molecule has 0 bridgehead atoms. The van der Waals surface area contributed by atoms with E-state index in [1.165, 1.54) is 161 Å². The molecule has 0 saturated heterocycles. The third kappa shape index (κ3) is 10.8. The Kier molecular flexibility index (Phi) is 15.9. The van der Waals surface area contributed by atoms with E-state index in [9.17, 15) is 0 Å². The first-order chi connectivity index (χ1) is 21.7. The standard InChI is InChI=1S/C42H60BrN/c1-3-5-7-9-11-13-14-16-18-20-25-35(24-19-17-15-12-10-8-6-4-2)34-44-41-29-22-21-26-39(41)40-28-23-27-38(42(40)44)36-30-32-37(43)33-31-36/h21-23,26-33,35H,3-20,24-25,34H2,1-2H3. The number of rotatable bonds is 23. The molecule has 0 aliphatic carbocycles. The molecule has 0 spiro atoms. The Balaban J connectivity index is 1.45. The van der Waals surface area contributed by atoms with E-state index in [1.807, 2.05) is 0 Å². The van der Waals surface area contributed by atoms with Crippen LogP contribution in [0.5, 0.6) is 0 Å². The minimum Gasteiger partial charge on any atom is -0.340 e. The van der Waals surface area contributed by atoms with Crippen LogP contribution in [0, 0.1) is 5.92 Å². The quantitative estimate of drug-likeness (QED) is 0.0699. The summed E-state index contributed by atoms with van der Waals surface area (Å²) in [6.45, 7) is 5.75. The minimum atomic E-state index is 0.737. The summed E-state index contributed by atoms with van der Waals surface area (Å²) in [6.07, 6.45) is 28.1. The van der Waals surface area contributed by atoms with Crippen LogP contribution in [0.25, 0.3) is 32.9 Å². The van der Waals surface area contributed by atoms with E-state index in [2.05, 4.69) is 101 Å². The predicted molar refractivity (Wildman–Crippen MR) is 200 cm³/mol. The van der Waals surface area contributed by atoms with Gasteiger partial charge in [-0.25, -0.2) is 0 Å². The van der Waals surface area contributed by atoms with Gasteiger partial charge in [0.1, 0.15) is 0 Å². The molecule has 0 aliphatic rings. The molecule has 240 valence electrons. The van der Waals surface area contributed by atoms with Crippen molar-refractivity contribution < 1.29 is 0 Å².